The lowest BCUT2D eigenvalue weighted by molar-refractivity contribution is 0.414. The molecular formula is C18H18N2O. The number of rotatable bonds is 5. The van der Waals surface area contributed by atoms with Gasteiger partial charge in [0.05, 0.1) is 7.11 Å². The van der Waals surface area contributed by atoms with Gasteiger partial charge in [-0.2, -0.15) is 0 Å². The highest BCUT2D eigenvalue weighted by Crippen LogP contribution is 2.15. The first kappa shape index (κ1) is 13.6. The molecule has 0 atom stereocenters. The fourth-order valence-electron chi connectivity index (χ4n) is 2.34. The quantitative estimate of drug-likeness (QED) is 0.775. The van der Waals surface area contributed by atoms with Gasteiger partial charge in [-0.05, 0) is 40.8 Å². The van der Waals surface area contributed by atoms with Crippen molar-refractivity contribution in [2.45, 2.75) is 13.1 Å². The normalized spacial score (nSPS) is 10.7. The SMILES string of the molecule is COc1ccc(CNCc2ccc3cnccc3c2)cc1. The maximum Gasteiger partial charge on any atom is 0.118 e. The van der Waals surface area contributed by atoms with Crippen LogP contribution in [-0.4, -0.2) is 12.1 Å². The van der Waals surface area contributed by atoms with Crippen LogP contribution in [0.25, 0.3) is 10.8 Å². The number of fused-ring (bicyclic) bond motifs is 1. The summed E-state index contributed by atoms with van der Waals surface area (Å²) in [6.45, 7) is 1.70. The van der Waals surface area contributed by atoms with Gasteiger partial charge in [0.25, 0.3) is 0 Å². The number of aromatic nitrogens is 1. The van der Waals surface area contributed by atoms with E-state index >= 15 is 0 Å². The summed E-state index contributed by atoms with van der Waals surface area (Å²) in [6.07, 6.45) is 3.72. The molecule has 3 heteroatoms. The van der Waals surface area contributed by atoms with E-state index in [2.05, 4.69) is 40.6 Å². The standard InChI is InChI=1S/C18H18N2O/c1-21-18-6-3-14(4-7-18)11-20-12-15-2-5-17-13-19-9-8-16(17)10-15/h2-10,13,20H,11-12H2,1H3. The Bertz CT molecular complexity index is 723. The van der Waals surface area contributed by atoms with E-state index in [0.29, 0.717) is 0 Å². The van der Waals surface area contributed by atoms with Crippen LogP contribution in [0.15, 0.2) is 60.9 Å². The number of methoxy groups -OCH3 is 1. The van der Waals surface area contributed by atoms with Crippen LogP contribution < -0.4 is 10.1 Å². The summed E-state index contributed by atoms with van der Waals surface area (Å²) < 4.78 is 5.16. The van der Waals surface area contributed by atoms with E-state index in [9.17, 15) is 0 Å². The minimum absolute atomic E-state index is 0.846. The molecule has 3 nitrogen and oxygen atoms in total. The fraction of sp³-hybridized carbons (Fsp3) is 0.167. The molecule has 21 heavy (non-hydrogen) atoms. The fourth-order valence-corrected chi connectivity index (χ4v) is 2.34. The Labute approximate surface area is 124 Å². The van der Waals surface area contributed by atoms with Crippen LogP contribution in [0.5, 0.6) is 5.75 Å². The molecule has 2 aromatic carbocycles. The smallest absolute Gasteiger partial charge is 0.118 e. The molecule has 0 amide bonds. The summed E-state index contributed by atoms with van der Waals surface area (Å²) in [7, 11) is 1.68. The van der Waals surface area contributed by atoms with Crippen molar-refractivity contribution in [3.05, 3.63) is 72.1 Å². The minimum Gasteiger partial charge on any atom is -0.497 e. The summed E-state index contributed by atoms with van der Waals surface area (Å²) in [6, 6.07) is 16.6. The first-order valence-corrected chi connectivity index (χ1v) is 7.01. The first-order valence-electron chi connectivity index (χ1n) is 7.01. The average Bonchev–Trinajstić information content (AvgIpc) is 2.55. The molecule has 1 aromatic heterocycles. The molecule has 0 saturated carbocycles. The van der Waals surface area contributed by atoms with Gasteiger partial charge < -0.3 is 10.1 Å². The number of ether oxygens (including phenoxy) is 1. The Balaban J connectivity index is 1.60. The number of benzene rings is 2. The van der Waals surface area contributed by atoms with Crippen molar-refractivity contribution in [1.82, 2.24) is 10.3 Å². The molecule has 0 bridgehead atoms. The topological polar surface area (TPSA) is 34.1 Å². The molecule has 0 aliphatic rings. The zero-order valence-electron chi connectivity index (χ0n) is 12.0. The Morgan fingerprint density at radius 2 is 1.67 bits per heavy atom. The molecule has 0 fully saturated rings. The highest BCUT2D eigenvalue weighted by molar-refractivity contribution is 5.81. The predicted molar refractivity (Wildman–Crippen MR) is 85.3 cm³/mol. The molecule has 0 radical (unpaired) electrons. The van der Waals surface area contributed by atoms with E-state index in [0.717, 1.165) is 18.8 Å². The lowest BCUT2D eigenvalue weighted by Crippen LogP contribution is -2.12. The van der Waals surface area contributed by atoms with Crippen LogP contribution in [-0.2, 0) is 13.1 Å². The van der Waals surface area contributed by atoms with E-state index in [4.69, 9.17) is 4.74 Å². The van der Waals surface area contributed by atoms with Gasteiger partial charge in [-0.15, -0.1) is 0 Å². The Kier molecular flexibility index (Phi) is 4.12. The van der Waals surface area contributed by atoms with Crippen LogP contribution in [0.4, 0.5) is 0 Å². The van der Waals surface area contributed by atoms with E-state index < -0.39 is 0 Å². The molecule has 1 N–H and O–H groups in total. The van der Waals surface area contributed by atoms with Crippen LogP contribution in [0, 0.1) is 0 Å². The predicted octanol–water partition coefficient (Wildman–Crippen LogP) is 3.53. The lowest BCUT2D eigenvalue weighted by atomic mass is 10.1. The van der Waals surface area contributed by atoms with Crippen LogP contribution >= 0.6 is 0 Å². The Morgan fingerprint density at radius 1 is 0.905 bits per heavy atom. The second kappa shape index (κ2) is 6.37. The van der Waals surface area contributed by atoms with Gasteiger partial charge in [0.1, 0.15) is 5.75 Å². The third-order valence-corrected chi connectivity index (χ3v) is 3.52. The molecule has 1 heterocycles. The van der Waals surface area contributed by atoms with Crippen molar-refractivity contribution < 1.29 is 4.74 Å². The van der Waals surface area contributed by atoms with Gasteiger partial charge in [0.2, 0.25) is 0 Å². The molecular weight excluding hydrogens is 260 g/mol. The number of nitrogens with zero attached hydrogens (tertiary/aromatic N) is 1. The van der Waals surface area contributed by atoms with E-state index in [1.165, 1.54) is 21.9 Å². The molecule has 0 saturated heterocycles. The molecule has 0 aliphatic carbocycles. The van der Waals surface area contributed by atoms with Gasteiger partial charge >= 0.3 is 0 Å². The molecule has 106 valence electrons. The van der Waals surface area contributed by atoms with Crippen LogP contribution in [0.1, 0.15) is 11.1 Å². The zero-order valence-corrected chi connectivity index (χ0v) is 12.0. The zero-order chi connectivity index (χ0) is 14.5. The molecule has 0 unspecified atom stereocenters. The first-order chi connectivity index (χ1) is 10.3. The van der Waals surface area contributed by atoms with Crippen LogP contribution in [0.3, 0.4) is 0 Å². The van der Waals surface area contributed by atoms with Crippen molar-refractivity contribution in [2.75, 3.05) is 7.11 Å². The van der Waals surface area contributed by atoms with Crippen molar-refractivity contribution in [2.24, 2.45) is 0 Å². The highest BCUT2D eigenvalue weighted by atomic mass is 16.5. The third-order valence-electron chi connectivity index (χ3n) is 3.52. The molecule has 0 spiro atoms. The largest absolute Gasteiger partial charge is 0.497 e. The van der Waals surface area contributed by atoms with Crippen molar-refractivity contribution >= 4 is 10.8 Å². The van der Waals surface area contributed by atoms with Gasteiger partial charge in [-0.25, -0.2) is 0 Å². The minimum atomic E-state index is 0.846. The maximum absolute atomic E-state index is 5.16. The monoisotopic (exact) mass is 278 g/mol. The molecule has 3 aromatic rings. The van der Waals surface area contributed by atoms with Crippen LogP contribution in [0.2, 0.25) is 0 Å². The number of pyridine rings is 1. The van der Waals surface area contributed by atoms with Crippen molar-refractivity contribution in [1.29, 1.82) is 0 Å². The summed E-state index contributed by atoms with van der Waals surface area (Å²) in [5.41, 5.74) is 2.53. The van der Waals surface area contributed by atoms with Crippen molar-refractivity contribution in [3.8, 4) is 5.75 Å². The number of nitrogens with one attached hydrogen (secondary N) is 1. The Hall–Kier alpha value is -2.39. The summed E-state index contributed by atoms with van der Waals surface area (Å²) in [4.78, 5) is 4.13. The Morgan fingerprint density at radius 3 is 2.48 bits per heavy atom. The lowest BCUT2D eigenvalue weighted by Gasteiger charge is -2.07. The third kappa shape index (κ3) is 3.38. The second-order valence-corrected chi connectivity index (χ2v) is 5.01. The van der Waals surface area contributed by atoms with Gasteiger partial charge in [-0.1, -0.05) is 24.3 Å². The van der Waals surface area contributed by atoms with E-state index in [1.807, 2.05) is 30.6 Å². The van der Waals surface area contributed by atoms with Gasteiger partial charge in [0.15, 0.2) is 0 Å². The van der Waals surface area contributed by atoms with E-state index in [-0.39, 0.29) is 0 Å². The molecule has 3 rings (SSSR count). The van der Waals surface area contributed by atoms with E-state index in [1.54, 1.807) is 7.11 Å². The summed E-state index contributed by atoms with van der Waals surface area (Å²) >= 11 is 0. The molecule has 0 aliphatic heterocycles. The summed E-state index contributed by atoms with van der Waals surface area (Å²) in [5.74, 6) is 0.891. The van der Waals surface area contributed by atoms with Gasteiger partial charge in [0, 0.05) is 30.9 Å². The summed E-state index contributed by atoms with van der Waals surface area (Å²) in [5, 5.41) is 5.87. The number of hydrogen-bond acceptors (Lipinski definition) is 3. The maximum atomic E-state index is 5.16. The highest BCUT2D eigenvalue weighted by Gasteiger charge is 1.98. The second-order valence-electron chi connectivity index (χ2n) is 5.01. The average molecular weight is 278 g/mol. The van der Waals surface area contributed by atoms with Crippen molar-refractivity contribution in [3.63, 3.8) is 0 Å². The number of hydrogen-bond donors (Lipinski definition) is 1. The van der Waals surface area contributed by atoms with Gasteiger partial charge in [-0.3, -0.25) is 4.98 Å².